The maximum atomic E-state index is 14.6. The van der Waals surface area contributed by atoms with Crippen LogP contribution in [0.3, 0.4) is 0 Å². The first-order valence-electron chi connectivity index (χ1n) is 8.66. The van der Waals surface area contributed by atoms with Crippen LogP contribution in [0.1, 0.15) is 17.5 Å². The molecular weight excluding hydrogens is 401 g/mol. The molecule has 0 N–H and O–H groups in total. The second kappa shape index (κ2) is 6.91. The van der Waals surface area contributed by atoms with E-state index in [9.17, 15) is 9.18 Å². The summed E-state index contributed by atoms with van der Waals surface area (Å²) in [6, 6.07) is 8.95. The smallest absolute Gasteiger partial charge is 0.233 e. The highest BCUT2D eigenvalue weighted by Gasteiger charge is 2.34. The number of ether oxygens (including phenoxy) is 2. The quantitative estimate of drug-likeness (QED) is 0.734. The van der Waals surface area contributed by atoms with Crippen LogP contribution in [0.2, 0.25) is 0 Å². The number of methoxy groups -OCH3 is 1. The van der Waals surface area contributed by atoms with E-state index < -0.39 is 0 Å². The fraction of sp³-hybridized carbons (Fsp3) is 0.350. The Kier molecular flexibility index (Phi) is 4.61. The first-order chi connectivity index (χ1) is 12.6. The maximum Gasteiger partial charge on any atom is 0.233 e. The van der Waals surface area contributed by atoms with Crippen molar-refractivity contribution in [2.24, 2.45) is 5.92 Å². The van der Waals surface area contributed by atoms with Crippen molar-refractivity contribution in [2.75, 3.05) is 25.2 Å². The molecule has 0 saturated carbocycles. The van der Waals surface area contributed by atoms with Crippen molar-refractivity contribution >= 4 is 27.5 Å². The van der Waals surface area contributed by atoms with Gasteiger partial charge >= 0.3 is 0 Å². The summed E-state index contributed by atoms with van der Waals surface area (Å²) in [5.41, 5.74) is 2.27. The monoisotopic (exact) mass is 419 g/mol. The highest BCUT2D eigenvalue weighted by Crippen LogP contribution is 2.36. The summed E-state index contributed by atoms with van der Waals surface area (Å²) < 4.78 is 26.3. The van der Waals surface area contributed by atoms with Gasteiger partial charge in [-0.2, -0.15) is 0 Å². The Morgan fingerprint density at radius 1 is 1.31 bits per heavy atom. The molecule has 1 unspecified atom stereocenters. The number of halogens is 2. The number of aryl methyl sites for hydroxylation is 1. The standard InChI is InChI=1S/C20H19BrFNO3/c1-25-16-5-4-12-7-14(11-26-18(12)10-16)20(24)23-6-2-3-13-8-15(21)9-17(22)19(13)23/h4-5,8-10,14H,2-3,6-7,11H2,1H3. The molecule has 6 heteroatoms. The minimum atomic E-state index is -0.357. The topological polar surface area (TPSA) is 38.8 Å². The number of nitrogens with zero attached hydrogens (tertiary/aromatic N) is 1. The van der Waals surface area contributed by atoms with E-state index in [1.54, 1.807) is 12.0 Å². The number of fused-ring (bicyclic) bond motifs is 2. The summed E-state index contributed by atoms with van der Waals surface area (Å²) in [6.45, 7) is 0.833. The van der Waals surface area contributed by atoms with Crippen LogP contribution in [0.5, 0.6) is 11.5 Å². The molecule has 0 aromatic heterocycles. The Balaban J connectivity index is 1.60. The molecule has 0 spiro atoms. The predicted molar refractivity (Wildman–Crippen MR) is 100 cm³/mol. The number of carbonyl (C=O) groups excluding carboxylic acids is 1. The first-order valence-corrected chi connectivity index (χ1v) is 9.45. The SMILES string of the molecule is COc1ccc2c(c1)OCC(C(=O)N1CCCc3cc(Br)cc(F)c31)C2. The molecule has 4 nitrogen and oxygen atoms in total. The lowest BCUT2D eigenvalue weighted by Crippen LogP contribution is -2.43. The van der Waals surface area contributed by atoms with Gasteiger partial charge in [0.25, 0.3) is 0 Å². The third kappa shape index (κ3) is 3.07. The van der Waals surface area contributed by atoms with Crippen molar-refractivity contribution in [2.45, 2.75) is 19.3 Å². The third-order valence-electron chi connectivity index (χ3n) is 5.00. The summed E-state index contributed by atoms with van der Waals surface area (Å²) >= 11 is 3.33. The van der Waals surface area contributed by atoms with E-state index in [2.05, 4.69) is 15.9 Å². The molecule has 2 aromatic carbocycles. The van der Waals surface area contributed by atoms with Gasteiger partial charge < -0.3 is 14.4 Å². The van der Waals surface area contributed by atoms with Crippen LogP contribution in [0.4, 0.5) is 10.1 Å². The normalized spacial score (nSPS) is 18.6. The van der Waals surface area contributed by atoms with Crippen LogP contribution in [-0.4, -0.2) is 26.2 Å². The maximum absolute atomic E-state index is 14.6. The van der Waals surface area contributed by atoms with Crippen molar-refractivity contribution in [1.82, 2.24) is 0 Å². The Labute approximate surface area is 160 Å². The van der Waals surface area contributed by atoms with E-state index in [4.69, 9.17) is 9.47 Å². The number of carbonyl (C=O) groups is 1. The lowest BCUT2D eigenvalue weighted by atomic mass is 9.93. The zero-order valence-electron chi connectivity index (χ0n) is 14.4. The van der Waals surface area contributed by atoms with Crippen LogP contribution in [0.15, 0.2) is 34.8 Å². The van der Waals surface area contributed by atoms with Crippen molar-refractivity contribution in [3.63, 3.8) is 0 Å². The molecule has 0 fully saturated rings. The van der Waals surface area contributed by atoms with Crippen LogP contribution in [-0.2, 0) is 17.6 Å². The molecule has 0 aliphatic carbocycles. The van der Waals surface area contributed by atoms with E-state index in [1.165, 1.54) is 6.07 Å². The van der Waals surface area contributed by atoms with Gasteiger partial charge in [0.05, 0.1) is 18.7 Å². The molecule has 0 bridgehead atoms. The lowest BCUT2D eigenvalue weighted by Gasteiger charge is -2.34. The van der Waals surface area contributed by atoms with E-state index in [-0.39, 0.29) is 17.6 Å². The van der Waals surface area contributed by atoms with Crippen molar-refractivity contribution in [3.05, 3.63) is 51.7 Å². The molecule has 0 radical (unpaired) electrons. The van der Waals surface area contributed by atoms with Crippen LogP contribution in [0.25, 0.3) is 0 Å². The zero-order valence-corrected chi connectivity index (χ0v) is 16.0. The Morgan fingerprint density at radius 2 is 2.15 bits per heavy atom. The van der Waals surface area contributed by atoms with Gasteiger partial charge in [-0.3, -0.25) is 4.79 Å². The molecule has 136 valence electrons. The molecule has 2 aliphatic rings. The van der Waals surface area contributed by atoms with Gasteiger partial charge in [0, 0.05) is 17.1 Å². The molecule has 2 heterocycles. The predicted octanol–water partition coefficient (Wildman–Crippen LogP) is 4.13. The van der Waals surface area contributed by atoms with Gasteiger partial charge in [0.15, 0.2) is 0 Å². The number of hydrogen-bond donors (Lipinski definition) is 0. The van der Waals surface area contributed by atoms with Crippen molar-refractivity contribution in [3.8, 4) is 11.5 Å². The highest BCUT2D eigenvalue weighted by atomic mass is 79.9. The number of hydrogen-bond acceptors (Lipinski definition) is 3. The van der Waals surface area contributed by atoms with E-state index in [1.807, 2.05) is 24.3 Å². The number of rotatable bonds is 2. The fourth-order valence-corrected chi connectivity index (χ4v) is 4.21. The molecule has 1 amide bonds. The van der Waals surface area contributed by atoms with Gasteiger partial charge in [0.2, 0.25) is 5.91 Å². The van der Waals surface area contributed by atoms with Crippen LogP contribution >= 0.6 is 15.9 Å². The molecule has 26 heavy (non-hydrogen) atoms. The van der Waals surface area contributed by atoms with Gasteiger partial charge in [-0.1, -0.05) is 22.0 Å². The van der Waals surface area contributed by atoms with Crippen LogP contribution in [0, 0.1) is 11.7 Å². The molecule has 4 rings (SSSR count). The molecule has 2 aromatic rings. The third-order valence-corrected chi connectivity index (χ3v) is 5.46. The summed E-state index contributed by atoms with van der Waals surface area (Å²) in [5, 5.41) is 0. The van der Waals surface area contributed by atoms with E-state index >= 15 is 0 Å². The number of amides is 1. The number of benzene rings is 2. The Bertz CT molecular complexity index is 870. The minimum Gasteiger partial charge on any atom is -0.497 e. The van der Waals surface area contributed by atoms with Crippen molar-refractivity contribution in [1.29, 1.82) is 0 Å². The Hall–Kier alpha value is -2.08. The van der Waals surface area contributed by atoms with Crippen LogP contribution < -0.4 is 14.4 Å². The fourth-order valence-electron chi connectivity index (χ4n) is 3.73. The van der Waals surface area contributed by atoms with E-state index in [0.717, 1.165) is 35.5 Å². The zero-order chi connectivity index (χ0) is 18.3. The largest absolute Gasteiger partial charge is 0.497 e. The first kappa shape index (κ1) is 17.3. The van der Waals surface area contributed by atoms with Gasteiger partial charge in [-0.25, -0.2) is 4.39 Å². The number of anilines is 1. The second-order valence-electron chi connectivity index (χ2n) is 6.67. The second-order valence-corrected chi connectivity index (χ2v) is 7.59. The summed E-state index contributed by atoms with van der Waals surface area (Å²) in [4.78, 5) is 14.7. The molecule has 0 saturated heterocycles. The van der Waals surface area contributed by atoms with Gasteiger partial charge in [-0.15, -0.1) is 0 Å². The molecule has 1 atom stereocenters. The average Bonchev–Trinajstić information content (AvgIpc) is 2.65. The molecular formula is C20H19BrFNO3. The average molecular weight is 420 g/mol. The van der Waals surface area contributed by atoms with Gasteiger partial charge in [0.1, 0.15) is 23.9 Å². The van der Waals surface area contributed by atoms with Gasteiger partial charge in [-0.05, 0) is 48.6 Å². The summed E-state index contributed by atoms with van der Waals surface area (Å²) in [5.74, 6) is 0.733. The minimum absolute atomic E-state index is 0.0753. The molecule has 2 aliphatic heterocycles. The summed E-state index contributed by atoms with van der Waals surface area (Å²) in [6.07, 6.45) is 2.19. The van der Waals surface area contributed by atoms with Crippen molar-refractivity contribution < 1.29 is 18.7 Å². The van der Waals surface area contributed by atoms with E-state index in [0.29, 0.717) is 29.7 Å². The Morgan fingerprint density at radius 3 is 2.96 bits per heavy atom. The highest BCUT2D eigenvalue weighted by molar-refractivity contribution is 9.10. The summed E-state index contributed by atoms with van der Waals surface area (Å²) in [7, 11) is 1.61. The lowest BCUT2D eigenvalue weighted by molar-refractivity contribution is -0.123.